The first-order valence-corrected chi connectivity index (χ1v) is 11.0. The van der Waals surface area contributed by atoms with Gasteiger partial charge in [-0.3, -0.25) is 14.2 Å². The molecule has 166 valence electrons. The van der Waals surface area contributed by atoms with Crippen LogP contribution in [0.15, 0.2) is 83.7 Å². The molecule has 0 bridgehead atoms. The maximum absolute atomic E-state index is 13.6. The van der Waals surface area contributed by atoms with E-state index in [-0.39, 0.29) is 11.5 Å². The first-order chi connectivity index (χ1) is 15.9. The molecule has 0 saturated heterocycles. The van der Waals surface area contributed by atoms with Crippen LogP contribution in [0.4, 0.5) is 0 Å². The van der Waals surface area contributed by atoms with Gasteiger partial charge in [0.05, 0.1) is 22.6 Å². The van der Waals surface area contributed by atoms with Gasteiger partial charge < -0.3 is 4.90 Å². The number of likely N-dealkylation sites (N-methyl/N-ethyl adjacent to an activating group) is 1. The van der Waals surface area contributed by atoms with E-state index < -0.39 is 6.04 Å². The Balaban J connectivity index is 1.80. The number of para-hydroxylation sites is 1. The number of aromatic nitrogens is 2. The fourth-order valence-corrected chi connectivity index (χ4v) is 3.76. The van der Waals surface area contributed by atoms with Gasteiger partial charge in [-0.05, 0) is 67.8 Å². The van der Waals surface area contributed by atoms with E-state index in [2.05, 4.69) is 0 Å². The molecule has 0 radical (unpaired) electrons. The number of hydrogen-bond acceptors (Lipinski definition) is 3. The second kappa shape index (κ2) is 9.25. The molecule has 1 amide bonds. The lowest BCUT2D eigenvalue weighted by atomic mass is 10.1. The standard InChI is InChI=1S/C28H27N3O2/c1-19-14-16-23(18-20(19)2)31-27(29-25-13-9-8-12-24(25)28(31)33)21(3)30(4)26(32)17-15-22-10-6-5-7-11-22/h5-18,21H,1-4H3/b17-15+. The molecule has 3 aromatic carbocycles. The van der Waals surface area contributed by atoms with Crippen LogP contribution in [0.5, 0.6) is 0 Å². The summed E-state index contributed by atoms with van der Waals surface area (Å²) in [7, 11) is 1.73. The van der Waals surface area contributed by atoms with Crippen molar-refractivity contribution < 1.29 is 4.79 Å². The fraction of sp³-hybridized carbons (Fsp3) is 0.179. The number of amides is 1. The van der Waals surface area contributed by atoms with E-state index in [4.69, 9.17) is 4.98 Å². The second-order valence-corrected chi connectivity index (χ2v) is 8.27. The summed E-state index contributed by atoms with van der Waals surface area (Å²) in [6.07, 6.45) is 3.33. The molecule has 1 unspecified atom stereocenters. The first-order valence-electron chi connectivity index (χ1n) is 11.0. The lowest BCUT2D eigenvalue weighted by Crippen LogP contribution is -2.34. The number of carbonyl (C=O) groups is 1. The molecule has 0 spiro atoms. The number of nitrogens with zero attached hydrogens (tertiary/aromatic N) is 3. The zero-order chi connectivity index (χ0) is 23.5. The zero-order valence-corrected chi connectivity index (χ0v) is 19.3. The highest BCUT2D eigenvalue weighted by atomic mass is 16.2. The van der Waals surface area contributed by atoms with Crippen LogP contribution < -0.4 is 5.56 Å². The van der Waals surface area contributed by atoms with E-state index in [0.29, 0.717) is 16.7 Å². The van der Waals surface area contributed by atoms with Crippen molar-refractivity contribution in [2.24, 2.45) is 0 Å². The number of rotatable bonds is 5. The van der Waals surface area contributed by atoms with Gasteiger partial charge in [0.2, 0.25) is 5.91 Å². The molecule has 1 atom stereocenters. The smallest absolute Gasteiger partial charge is 0.266 e. The molecular weight excluding hydrogens is 410 g/mol. The molecule has 4 aromatic rings. The van der Waals surface area contributed by atoms with E-state index >= 15 is 0 Å². The molecule has 0 fully saturated rings. The molecular formula is C28H27N3O2. The Morgan fingerprint density at radius 1 is 0.970 bits per heavy atom. The molecule has 0 aliphatic heterocycles. The third-order valence-electron chi connectivity index (χ3n) is 6.07. The third kappa shape index (κ3) is 4.48. The number of hydrogen-bond donors (Lipinski definition) is 0. The Labute approximate surface area is 193 Å². The quantitative estimate of drug-likeness (QED) is 0.402. The highest BCUT2D eigenvalue weighted by Crippen LogP contribution is 2.23. The highest BCUT2D eigenvalue weighted by Gasteiger charge is 2.23. The lowest BCUT2D eigenvalue weighted by molar-refractivity contribution is -0.126. The Hall–Kier alpha value is -3.99. The molecule has 33 heavy (non-hydrogen) atoms. The summed E-state index contributed by atoms with van der Waals surface area (Å²) in [5.41, 5.74) is 4.39. The van der Waals surface area contributed by atoms with Crippen molar-refractivity contribution in [2.75, 3.05) is 7.05 Å². The number of aryl methyl sites for hydroxylation is 2. The van der Waals surface area contributed by atoms with Crippen LogP contribution in [0.2, 0.25) is 0 Å². The molecule has 0 saturated carbocycles. The molecule has 1 heterocycles. The maximum Gasteiger partial charge on any atom is 0.266 e. The summed E-state index contributed by atoms with van der Waals surface area (Å²) in [5.74, 6) is 0.353. The van der Waals surface area contributed by atoms with Crippen molar-refractivity contribution in [3.05, 3.63) is 112 Å². The number of carbonyl (C=O) groups excluding carboxylic acids is 1. The van der Waals surface area contributed by atoms with Crippen molar-refractivity contribution in [3.63, 3.8) is 0 Å². The average Bonchev–Trinajstić information content (AvgIpc) is 2.84. The molecule has 0 aliphatic rings. The minimum atomic E-state index is -0.433. The zero-order valence-electron chi connectivity index (χ0n) is 19.3. The van der Waals surface area contributed by atoms with Gasteiger partial charge in [0.25, 0.3) is 5.56 Å². The van der Waals surface area contributed by atoms with Gasteiger partial charge in [-0.2, -0.15) is 0 Å². The van der Waals surface area contributed by atoms with Gasteiger partial charge >= 0.3 is 0 Å². The summed E-state index contributed by atoms with van der Waals surface area (Å²) < 4.78 is 1.63. The summed E-state index contributed by atoms with van der Waals surface area (Å²) in [4.78, 5) is 32.9. The maximum atomic E-state index is 13.6. The normalized spacial score (nSPS) is 12.2. The molecule has 0 N–H and O–H groups in total. The second-order valence-electron chi connectivity index (χ2n) is 8.27. The summed E-state index contributed by atoms with van der Waals surface area (Å²) in [6.45, 7) is 5.95. The summed E-state index contributed by atoms with van der Waals surface area (Å²) >= 11 is 0. The molecule has 0 aliphatic carbocycles. The van der Waals surface area contributed by atoms with Gasteiger partial charge in [-0.1, -0.05) is 48.5 Å². The fourth-order valence-electron chi connectivity index (χ4n) is 3.76. The van der Waals surface area contributed by atoms with Crippen LogP contribution >= 0.6 is 0 Å². The van der Waals surface area contributed by atoms with Crippen LogP contribution in [0.1, 0.15) is 35.5 Å². The van der Waals surface area contributed by atoms with Crippen molar-refractivity contribution in [3.8, 4) is 5.69 Å². The van der Waals surface area contributed by atoms with E-state index in [0.717, 1.165) is 22.4 Å². The Bertz CT molecular complexity index is 1400. The first kappa shape index (κ1) is 22.2. The van der Waals surface area contributed by atoms with Crippen molar-refractivity contribution in [1.82, 2.24) is 14.5 Å². The Morgan fingerprint density at radius 2 is 1.67 bits per heavy atom. The van der Waals surface area contributed by atoms with Gasteiger partial charge in [0.15, 0.2) is 0 Å². The van der Waals surface area contributed by atoms with Gasteiger partial charge in [0.1, 0.15) is 5.82 Å². The molecule has 5 heteroatoms. The largest absolute Gasteiger partial charge is 0.332 e. The average molecular weight is 438 g/mol. The van der Waals surface area contributed by atoms with Crippen molar-refractivity contribution in [1.29, 1.82) is 0 Å². The molecule has 1 aromatic heterocycles. The summed E-state index contributed by atoms with van der Waals surface area (Å²) in [5, 5.41) is 0.546. The predicted molar refractivity (Wildman–Crippen MR) is 133 cm³/mol. The molecule has 5 nitrogen and oxygen atoms in total. The van der Waals surface area contributed by atoms with E-state index in [1.165, 1.54) is 0 Å². The van der Waals surface area contributed by atoms with E-state index in [1.54, 1.807) is 34.7 Å². The van der Waals surface area contributed by atoms with Gasteiger partial charge in [-0.25, -0.2) is 4.98 Å². The minimum absolute atomic E-state index is 0.147. The lowest BCUT2D eigenvalue weighted by Gasteiger charge is -2.26. The monoisotopic (exact) mass is 437 g/mol. The van der Waals surface area contributed by atoms with E-state index in [1.807, 2.05) is 87.5 Å². The predicted octanol–water partition coefficient (Wildman–Crippen LogP) is 5.24. The number of fused-ring (bicyclic) bond motifs is 1. The van der Waals surface area contributed by atoms with Crippen LogP contribution in [0.25, 0.3) is 22.7 Å². The van der Waals surface area contributed by atoms with Gasteiger partial charge in [0, 0.05) is 13.1 Å². The Morgan fingerprint density at radius 3 is 2.39 bits per heavy atom. The highest BCUT2D eigenvalue weighted by molar-refractivity contribution is 5.91. The van der Waals surface area contributed by atoms with Crippen molar-refractivity contribution in [2.45, 2.75) is 26.8 Å². The van der Waals surface area contributed by atoms with Crippen molar-refractivity contribution >= 4 is 22.9 Å². The summed E-state index contributed by atoms with van der Waals surface area (Å²) in [6, 6.07) is 22.5. The van der Waals surface area contributed by atoms with Crippen LogP contribution in [0, 0.1) is 13.8 Å². The Kier molecular flexibility index (Phi) is 6.22. The van der Waals surface area contributed by atoms with E-state index in [9.17, 15) is 9.59 Å². The van der Waals surface area contributed by atoms with Crippen LogP contribution in [-0.4, -0.2) is 27.4 Å². The SMILES string of the molecule is Cc1ccc(-n2c(C(C)N(C)C(=O)/C=C/c3ccccc3)nc3ccccc3c2=O)cc1C. The molecule has 4 rings (SSSR count). The topological polar surface area (TPSA) is 55.2 Å². The minimum Gasteiger partial charge on any atom is -0.332 e. The van der Waals surface area contributed by atoms with Crippen LogP contribution in [-0.2, 0) is 4.79 Å². The number of benzene rings is 3. The van der Waals surface area contributed by atoms with Crippen LogP contribution in [0.3, 0.4) is 0 Å². The van der Waals surface area contributed by atoms with Gasteiger partial charge in [-0.15, -0.1) is 0 Å². The third-order valence-corrected chi connectivity index (χ3v) is 6.07.